The number of aromatic nitrogens is 2. The zero-order valence-electron chi connectivity index (χ0n) is 17.2. The largest absolute Gasteiger partial charge is 0.497 e. The Kier molecular flexibility index (Phi) is 5.67. The number of ether oxygens (including phenoxy) is 1. The van der Waals surface area contributed by atoms with E-state index in [1.807, 2.05) is 28.8 Å². The van der Waals surface area contributed by atoms with Crippen molar-refractivity contribution in [2.75, 3.05) is 13.7 Å². The molecular formula is C24H29N3O2. The minimum Gasteiger partial charge on any atom is -0.497 e. The van der Waals surface area contributed by atoms with E-state index in [0.29, 0.717) is 35.0 Å². The van der Waals surface area contributed by atoms with Gasteiger partial charge in [0.15, 0.2) is 0 Å². The number of aryl methyl sites for hydroxylation is 1. The molecule has 1 saturated carbocycles. The first-order valence-electron chi connectivity index (χ1n) is 10.4. The highest BCUT2D eigenvalue weighted by molar-refractivity contribution is 5.81. The summed E-state index contributed by atoms with van der Waals surface area (Å²) in [6.45, 7) is 3.47. The third-order valence-electron chi connectivity index (χ3n) is 6.14. The molecule has 4 rings (SSSR count). The normalized spacial score (nSPS) is 19.4. The van der Waals surface area contributed by atoms with Crippen LogP contribution in [0.3, 0.4) is 0 Å². The van der Waals surface area contributed by atoms with Crippen LogP contribution in [0.1, 0.15) is 31.2 Å². The van der Waals surface area contributed by atoms with Crippen LogP contribution in [0, 0.1) is 18.8 Å². The third-order valence-corrected chi connectivity index (χ3v) is 6.14. The van der Waals surface area contributed by atoms with E-state index >= 15 is 0 Å². The zero-order chi connectivity index (χ0) is 20.4. The van der Waals surface area contributed by atoms with E-state index < -0.39 is 0 Å². The molecule has 3 aromatic rings. The SMILES string of the molecule is COc1ccc2nc(-c3ccc(C)cc3)n(CC3CCCC(CN)C3)c(=O)c2c1. The Labute approximate surface area is 171 Å². The molecule has 0 aliphatic heterocycles. The fourth-order valence-electron chi connectivity index (χ4n) is 4.46. The van der Waals surface area contributed by atoms with Crippen LogP contribution in [0.15, 0.2) is 47.3 Å². The van der Waals surface area contributed by atoms with Crippen LogP contribution in [0.4, 0.5) is 0 Å². The average molecular weight is 392 g/mol. The summed E-state index contributed by atoms with van der Waals surface area (Å²) in [7, 11) is 1.61. The quantitative estimate of drug-likeness (QED) is 0.709. The number of methoxy groups -OCH3 is 1. The van der Waals surface area contributed by atoms with E-state index in [-0.39, 0.29) is 5.56 Å². The average Bonchev–Trinajstić information content (AvgIpc) is 2.76. The van der Waals surface area contributed by atoms with Gasteiger partial charge in [-0.05, 0) is 62.8 Å². The maximum absolute atomic E-state index is 13.5. The third kappa shape index (κ3) is 4.06. The Hall–Kier alpha value is -2.66. The molecule has 0 radical (unpaired) electrons. The van der Waals surface area contributed by atoms with Gasteiger partial charge in [-0.3, -0.25) is 9.36 Å². The highest BCUT2D eigenvalue weighted by Crippen LogP contribution is 2.31. The van der Waals surface area contributed by atoms with Crippen molar-refractivity contribution in [3.63, 3.8) is 0 Å². The highest BCUT2D eigenvalue weighted by atomic mass is 16.5. The predicted octanol–water partition coefficient (Wildman–Crippen LogP) is 4.15. The van der Waals surface area contributed by atoms with Crippen molar-refractivity contribution >= 4 is 10.9 Å². The number of nitrogens with two attached hydrogens (primary N) is 1. The monoisotopic (exact) mass is 391 g/mol. The number of benzene rings is 2. The molecule has 5 nitrogen and oxygen atoms in total. The second-order valence-electron chi connectivity index (χ2n) is 8.23. The first-order valence-corrected chi connectivity index (χ1v) is 10.4. The second-order valence-corrected chi connectivity index (χ2v) is 8.23. The van der Waals surface area contributed by atoms with Crippen molar-refractivity contribution in [3.05, 3.63) is 58.4 Å². The minimum atomic E-state index is -0.000605. The molecule has 0 bridgehead atoms. The van der Waals surface area contributed by atoms with Gasteiger partial charge in [0.25, 0.3) is 5.56 Å². The maximum atomic E-state index is 13.5. The molecule has 152 valence electrons. The molecule has 1 aromatic heterocycles. The van der Waals surface area contributed by atoms with Crippen molar-refractivity contribution in [3.8, 4) is 17.1 Å². The molecule has 1 heterocycles. The van der Waals surface area contributed by atoms with E-state index in [9.17, 15) is 4.79 Å². The number of nitrogens with zero attached hydrogens (tertiary/aromatic N) is 2. The van der Waals surface area contributed by atoms with Gasteiger partial charge in [-0.25, -0.2) is 4.98 Å². The first-order chi connectivity index (χ1) is 14.1. The van der Waals surface area contributed by atoms with Crippen LogP contribution in [0.2, 0.25) is 0 Å². The Morgan fingerprint density at radius 1 is 1.14 bits per heavy atom. The van der Waals surface area contributed by atoms with Crippen LogP contribution in [-0.4, -0.2) is 23.2 Å². The van der Waals surface area contributed by atoms with Gasteiger partial charge in [0.2, 0.25) is 0 Å². The summed E-state index contributed by atoms with van der Waals surface area (Å²) in [6, 6.07) is 13.7. The molecule has 2 N–H and O–H groups in total. The minimum absolute atomic E-state index is 0.000605. The Morgan fingerprint density at radius 2 is 1.90 bits per heavy atom. The number of hydrogen-bond donors (Lipinski definition) is 1. The van der Waals surface area contributed by atoms with Crippen molar-refractivity contribution in [1.82, 2.24) is 9.55 Å². The molecule has 29 heavy (non-hydrogen) atoms. The lowest BCUT2D eigenvalue weighted by molar-refractivity contribution is 0.246. The summed E-state index contributed by atoms with van der Waals surface area (Å²) < 4.78 is 7.21. The fourth-order valence-corrected chi connectivity index (χ4v) is 4.46. The zero-order valence-corrected chi connectivity index (χ0v) is 17.2. The van der Waals surface area contributed by atoms with Crippen LogP contribution in [0.5, 0.6) is 5.75 Å². The second kappa shape index (κ2) is 8.37. The van der Waals surface area contributed by atoms with Gasteiger partial charge in [-0.2, -0.15) is 0 Å². The number of hydrogen-bond acceptors (Lipinski definition) is 4. The molecule has 2 atom stereocenters. The summed E-state index contributed by atoms with van der Waals surface area (Å²) in [6.07, 6.45) is 4.58. The summed E-state index contributed by atoms with van der Waals surface area (Å²) >= 11 is 0. The van der Waals surface area contributed by atoms with Crippen LogP contribution in [0.25, 0.3) is 22.3 Å². The van der Waals surface area contributed by atoms with E-state index in [1.54, 1.807) is 13.2 Å². The first kappa shape index (κ1) is 19.6. The highest BCUT2D eigenvalue weighted by Gasteiger charge is 2.23. The molecular weight excluding hydrogens is 362 g/mol. The van der Waals surface area contributed by atoms with Gasteiger partial charge in [-0.15, -0.1) is 0 Å². The Morgan fingerprint density at radius 3 is 2.62 bits per heavy atom. The van der Waals surface area contributed by atoms with Crippen LogP contribution in [-0.2, 0) is 6.54 Å². The Bertz CT molecular complexity index is 1060. The van der Waals surface area contributed by atoms with Crippen molar-refractivity contribution in [2.45, 2.75) is 39.2 Å². The number of rotatable bonds is 5. The number of fused-ring (bicyclic) bond motifs is 1. The van der Waals surface area contributed by atoms with E-state index in [4.69, 9.17) is 15.5 Å². The molecule has 1 aliphatic carbocycles. The van der Waals surface area contributed by atoms with Gasteiger partial charge in [0, 0.05) is 12.1 Å². The topological polar surface area (TPSA) is 70.1 Å². The lowest BCUT2D eigenvalue weighted by Crippen LogP contribution is -2.30. The summed E-state index contributed by atoms with van der Waals surface area (Å²) in [5.74, 6) is 2.42. The van der Waals surface area contributed by atoms with Crippen molar-refractivity contribution in [2.24, 2.45) is 17.6 Å². The van der Waals surface area contributed by atoms with Crippen LogP contribution < -0.4 is 16.0 Å². The van der Waals surface area contributed by atoms with Gasteiger partial charge >= 0.3 is 0 Å². The smallest absolute Gasteiger partial charge is 0.261 e. The molecule has 1 fully saturated rings. The molecule has 2 aromatic carbocycles. The van der Waals surface area contributed by atoms with E-state index in [1.165, 1.54) is 18.4 Å². The lowest BCUT2D eigenvalue weighted by Gasteiger charge is -2.29. The Balaban J connectivity index is 1.84. The van der Waals surface area contributed by atoms with E-state index in [0.717, 1.165) is 30.8 Å². The molecule has 5 heteroatoms. The predicted molar refractivity (Wildman–Crippen MR) is 117 cm³/mol. The molecule has 0 saturated heterocycles. The van der Waals surface area contributed by atoms with Gasteiger partial charge < -0.3 is 10.5 Å². The van der Waals surface area contributed by atoms with Gasteiger partial charge in [0.05, 0.1) is 18.0 Å². The van der Waals surface area contributed by atoms with Gasteiger partial charge in [0.1, 0.15) is 11.6 Å². The summed E-state index contributed by atoms with van der Waals surface area (Å²) in [4.78, 5) is 18.4. The summed E-state index contributed by atoms with van der Waals surface area (Å²) in [5.41, 5.74) is 8.79. The van der Waals surface area contributed by atoms with E-state index in [2.05, 4.69) is 19.1 Å². The molecule has 0 spiro atoms. The molecule has 1 aliphatic rings. The molecule has 0 amide bonds. The standard InChI is InChI=1S/C24H29N3O2/c1-16-6-8-19(9-7-16)23-26-22-11-10-20(29-2)13-21(22)24(28)27(23)15-18-5-3-4-17(12-18)14-25/h6-11,13,17-18H,3-5,12,14-15,25H2,1-2H3. The fraction of sp³-hybridized carbons (Fsp3) is 0.417. The van der Waals surface area contributed by atoms with Crippen molar-refractivity contribution in [1.29, 1.82) is 0 Å². The van der Waals surface area contributed by atoms with Gasteiger partial charge in [-0.1, -0.05) is 36.2 Å². The molecule has 2 unspecified atom stereocenters. The van der Waals surface area contributed by atoms with Crippen LogP contribution >= 0.6 is 0 Å². The lowest BCUT2D eigenvalue weighted by atomic mass is 9.81. The summed E-state index contributed by atoms with van der Waals surface area (Å²) in [5, 5.41) is 0.603. The maximum Gasteiger partial charge on any atom is 0.261 e. The van der Waals surface area contributed by atoms with Crippen molar-refractivity contribution < 1.29 is 4.74 Å².